The summed E-state index contributed by atoms with van der Waals surface area (Å²) in [6, 6.07) is 9.16. The van der Waals surface area contributed by atoms with E-state index in [2.05, 4.69) is 15.3 Å². The molecule has 0 spiro atoms. The molecule has 0 aliphatic carbocycles. The molecule has 0 radical (unpaired) electrons. The highest BCUT2D eigenvalue weighted by Gasteiger charge is 2.21. The van der Waals surface area contributed by atoms with E-state index in [0.29, 0.717) is 17.3 Å². The Hall–Kier alpha value is -3.26. The Morgan fingerprint density at radius 2 is 2.14 bits per heavy atom. The van der Waals surface area contributed by atoms with Crippen molar-refractivity contribution in [1.29, 1.82) is 0 Å². The first-order valence-electron chi connectivity index (χ1n) is 8.60. The number of nitrogens with one attached hydrogen (secondary N) is 1. The average molecular weight is 396 g/mol. The molecule has 0 aliphatic rings. The summed E-state index contributed by atoms with van der Waals surface area (Å²) in [5.74, 6) is 0.804. The zero-order valence-corrected chi connectivity index (χ0v) is 15.8. The van der Waals surface area contributed by atoms with Gasteiger partial charge in [0, 0.05) is 24.8 Å². The SMILES string of the molecule is Cn1ccnc1C(NC(=O)Cc1csc(-c2ccco2)n1)c1ccc(F)cc1. The lowest BCUT2D eigenvalue weighted by Gasteiger charge is -2.19. The third kappa shape index (κ3) is 3.86. The molecule has 4 aromatic rings. The number of amides is 1. The van der Waals surface area contributed by atoms with E-state index in [0.717, 1.165) is 10.6 Å². The lowest BCUT2D eigenvalue weighted by Crippen LogP contribution is -2.32. The van der Waals surface area contributed by atoms with Crippen LogP contribution in [0.1, 0.15) is 23.1 Å². The lowest BCUT2D eigenvalue weighted by atomic mass is 10.1. The molecule has 1 aromatic carbocycles. The molecule has 8 heteroatoms. The van der Waals surface area contributed by atoms with E-state index in [1.165, 1.54) is 23.5 Å². The quantitative estimate of drug-likeness (QED) is 0.539. The number of furan rings is 1. The summed E-state index contributed by atoms with van der Waals surface area (Å²) >= 11 is 1.42. The number of rotatable bonds is 6. The summed E-state index contributed by atoms with van der Waals surface area (Å²) in [7, 11) is 1.85. The van der Waals surface area contributed by atoms with Crippen molar-refractivity contribution in [3.8, 4) is 10.8 Å². The second-order valence-corrected chi connectivity index (χ2v) is 7.10. The molecule has 1 atom stereocenters. The maximum atomic E-state index is 13.3. The van der Waals surface area contributed by atoms with Crippen LogP contribution in [0.4, 0.5) is 4.39 Å². The van der Waals surface area contributed by atoms with Gasteiger partial charge in [0.15, 0.2) is 10.8 Å². The summed E-state index contributed by atoms with van der Waals surface area (Å²) < 4.78 is 20.5. The predicted octanol–water partition coefficient (Wildman–Crippen LogP) is 3.72. The zero-order chi connectivity index (χ0) is 19.5. The standard InChI is InChI=1S/C20H17FN4O2S/c1-25-9-8-22-19(25)18(13-4-6-14(21)7-5-13)24-17(26)11-15-12-28-20(23-15)16-3-2-10-27-16/h2-10,12,18H,11H2,1H3,(H,24,26). The van der Waals surface area contributed by atoms with E-state index < -0.39 is 6.04 Å². The number of nitrogens with zero attached hydrogens (tertiary/aromatic N) is 3. The number of carbonyl (C=O) groups excluding carboxylic acids is 1. The predicted molar refractivity (Wildman–Crippen MR) is 103 cm³/mol. The van der Waals surface area contributed by atoms with Crippen LogP contribution in [0.25, 0.3) is 10.8 Å². The van der Waals surface area contributed by atoms with Crippen LogP contribution in [0.15, 0.2) is 64.9 Å². The van der Waals surface area contributed by atoms with Gasteiger partial charge in [0.1, 0.15) is 17.7 Å². The van der Waals surface area contributed by atoms with Crippen LogP contribution in [0.2, 0.25) is 0 Å². The molecule has 0 saturated carbocycles. The monoisotopic (exact) mass is 396 g/mol. The van der Waals surface area contributed by atoms with Crippen LogP contribution in [0.3, 0.4) is 0 Å². The van der Waals surface area contributed by atoms with Gasteiger partial charge >= 0.3 is 0 Å². The number of thiazole rings is 1. The summed E-state index contributed by atoms with van der Waals surface area (Å²) in [6.07, 6.45) is 5.17. The summed E-state index contributed by atoms with van der Waals surface area (Å²) in [6.45, 7) is 0. The minimum absolute atomic E-state index is 0.124. The Morgan fingerprint density at radius 3 is 2.82 bits per heavy atom. The van der Waals surface area contributed by atoms with Gasteiger partial charge in [-0.25, -0.2) is 14.4 Å². The van der Waals surface area contributed by atoms with Crippen LogP contribution < -0.4 is 5.32 Å². The fourth-order valence-corrected chi connectivity index (χ4v) is 3.67. The number of carbonyl (C=O) groups is 1. The molecule has 0 bridgehead atoms. The number of benzene rings is 1. The molecular formula is C20H17FN4O2S. The molecule has 4 rings (SSSR count). The van der Waals surface area contributed by atoms with Crippen LogP contribution >= 0.6 is 11.3 Å². The Kier molecular flexibility index (Phi) is 5.03. The molecule has 28 heavy (non-hydrogen) atoms. The van der Waals surface area contributed by atoms with Crippen molar-refractivity contribution in [1.82, 2.24) is 19.9 Å². The first kappa shape index (κ1) is 18.1. The first-order chi connectivity index (χ1) is 13.6. The fourth-order valence-electron chi connectivity index (χ4n) is 2.89. The van der Waals surface area contributed by atoms with Gasteiger partial charge < -0.3 is 14.3 Å². The van der Waals surface area contributed by atoms with E-state index in [4.69, 9.17) is 4.42 Å². The Labute approximate surface area is 164 Å². The van der Waals surface area contributed by atoms with E-state index in [1.807, 2.05) is 23.1 Å². The average Bonchev–Trinajstić information content (AvgIpc) is 3.42. The third-order valence-electron chi connectivity index (χ3n) is 4.25. The van der Waals surface area contributed by atoms with Crippen LogP contribution in [-0.4, -0.2) is 20.4 Å². The number of hydrogen-bond acceptors (Lipinski definition) is 5. The Bertz CT molecular complexity index is 1070. The highest BCUT2D eigenvalue weighted by Crippen LogP contribution is 2.25. The van der Waals surface area contributed by atoms with Gasteiger partial charge in [0.2, 0.25) is 5.91 Å². The Balaban J connectivity index is 1.52. The van der Waals surface area contributed by atoms with Crippen molar-refractivity contribution >= 4 is 17.2 Å². The molecule has 1 N–H and O–H groups in total. The molecule has 3 aromatic heterocycles. The van der Waals surface area contributed by atoms with Crippen molar-refractivity contribution < 1.29 is 13.6 Å². The number of halogens is 1. The topological polar surface area (TPSA) is 73.0 Å². The molecular weight excluding hydrogens is 379 g/mol. The summed E-state index contributed by atoms with van der Waals surface area (Å²) in [5, 5.41) is 5.55. The molecule has 6 nitrogen and oxygen atoms in total. The minimum Gasteiger partial charge on any atom is -0.462 e. The fraction of sp³-hybridized carbons (Fsp3) is 0.150. The van der Waals surface area contributed by atoms with Gasteiger partial charge in [0.25, 0.3) is 0 Å². The van der Waals surface area contributed by atoms with Gasteiger partial charge in [-0.15, -0.1) is 11.3 Å². The summed E-state index contributed by atoms with van der Waals surface area (Å²) in [4.78, 5) is 21.5. The third-order valence-corrected chi connectivity index (χ3v) is 5.16. The Morgan fingerprint density at radius 1 is 1.32 bits per heavy atom. The minimum atomic E-state index is -0.490. The van der Waals surface area contributed by atoms with Gasteiger partial charge in [0.05, 0.1) is 18.4 Å². The van der Waals surface area contributed by atoms with Crippen LogP contribution in [0, 0.1) is 5.82 Å². The number of hydrogen-bond donors (Lipinski definition) is 1. The molecule has 142 valence electrons. The van der Waals surface area contributed by atoms with E-state index in [-0.39, 0.29) is 18.1 Å². The molecule has 1 unspecified atom stereocenters. The largest absolute Gasteiger partial charge is 0.462 e. The van der Waals surface area contributed by atoms with Gasteiger partial charge in [-0.05, 0) is 29.8 Å². The van der Waals surface area contributed by atoms with Crippen molar-refractivity contribution in [3.05, 3.63) is 83.3 Å². The van der Waals surface area contributed by atoms with Gasteiger partial charge in [-0.2, -0.15) is 0 Å². The molecule has 0 saturated heterocycles. The van der Waals surface area contributed by atoms with E-state index in [9.17, 15) is 9.18 Å². The molecule has 1 amide bonds. The smallest absolute Gasteiger partial charge is 0.226 e. The number of imidazole rings is 1. The second kappa shape index (κ2) is 7.77. The van der Waals surface area contributed by atoms with Crippen molar-refractivity contribution in [2.24, 2.45) is 7.05 Å². The number of aryl methyl sites for hydroxylation is 1. The molecule has 0 fully saturated rings. The normalized spacial score (nSPS) is 12.1. The zero-order valence-electron chi connectivity index (χ0n) is 15.0. The van der Waals surface area contributed by atoms with E-state index in [1.54, 1.807) is 36.9 Å². The van der Waals surface area contributed by atoms with Crippen molar-refractivity contribution in [2.45, 2.75) is 12.5 Å². The second-order valence-electron chi connectivity index (χ2n) is 6.25. The summed E-state index contributed by atoms with van der Waals surface area (Å²) in [5.41, 5.74) is 1.41. The molecule has 0 aliphatic heterocycles. The van der Waals surface area contributed by atoms with Gasteiger partial charge in [-0.3, -0.25) is 4.79 Å². The van der Waals surface area contributed by atoms with Crippen LogP contribution in [0.5, 0.6) is 0 Å². The maximum absolute atomic E-state index is 13.3. The lowest BCUT2D eigenvalue weighted by molar-refractivity contribution is -0.121. The molecule has 3 heterocycles. The van der Waals surface area contributed by atoms with E-state index >= 15 is 0 Å². The maximum Gasteiger partial charge on any atom is 0.226 e. The number of aromatic nitrogens is 3. The highest BCUT2D eigenvalue weighted by atomic mass is 32.1. The highest BCUT2D eigenvalue weighted by molar-refractivity contribution is 7.13. The van der Waals surface area contributed by atoms with Crippen molar-refractivity contribution in [2.75, 3.05) is 0 Å². The first-order valence-corrected chi connectivity index (χ1v) is 9.48. The van der Waals surface area contributed by atoms with Crippen molar-refractivity contribution in [3.63, 3.8) is 0 Å². The van der Waals surface area contributed by atoms with Crippen LogP contribution in [-0.2, 0) is 18.3 Å². The van der Waals surface area contributed by atoms with Gasteiger partial charge in [-0.1, -0.05) is 12.1 Å².